The molecular weight excluding hydrogens is 230 g/mol. The number of rotatable bonds is 6. The molecule has 3 N–H and O–H groups in total. The number of hydrogen-bond acceptors (Lipinski definition) is 4. The van der Waals surface area contributed by atoms with E-state index >= 15 is 0 Å². The summed E-state index contributed by atoms with van der Waals surface area (Å²) in [5.74, 6) is 0.313. The molecule has 1 aliphatic carbocycles. The smallest absolute Gasteiger partial charge is 0.140 e. The Morgan fingerprint density at radius 2 is 2.17 bits per heavy atom. The molecule has 1 heterocycles. The first-order valence-corrected chi connectivity index (χ1v) is 6.88. The molecule has 0 aromatic carbocycles. The summed E-state index contributed by atoms with van der Waals surface area (Å²) < 4.78 is 6.04. The van der Waals surface area contributed by atoms with E-state index in [2.05, 4.69) is 23.9 Å². The predicted octanol–water partition coefficient (Wildman–Crippen LogP) is 1.54. The van der Waals surface area contributed by atoms with Crippen molar-refractivity contribution >= 4 is 5.84 Å². The fraction of sp³-hybridized carbons (Fsp3) is 0.923. The van der Waals surface area contributed by atoms with Gasteiger partial charge in [0.15, 0.2) is 0 Å². The zero-order chi connectivity index (χ0) is 13.2. The standard InChI is InChI=1S/C13H25N3O2/c1-13(2)7-5-11(18-13)9-16(10-3-4-10)8-6-12(14)15-17/h10-11,17H,3-9H2,1-2H3,(H2,14,15). The maximum atomic E-state index is 8.57. The summed E-state index contributed by atoms with van der Waals surface area (Å²) in [7, 11) is 0. The summed E-state index contributed by atoms with van der Waals surface area (Å²) in [6.45, 7) is 6.16. The highest BCUT2D eigenvalue weighted by molar-refractivity contribution is 5.79. The maximum absolute atomic E-state index is 8.57. The number of oxime groups is 1. The Bertz CT molecular complexity index is 313. The normalized spacial score (nSPS) is 27.9. The molecule has 1 atom stereocenters. The highest BCUT2D eigenvalue weighted by Gasteiger charge is 2.36. The molecule has 0 aromatic rings. The molecule has 1 saturated heterocycles. The van der Waals surface area contributed by atoms with Crippen LogP contribution in [0, 0.1) is 0 Å². The monoisotopic (exact) mass is 255 g/mol. The van der Waals surface area contributed by atoms with Crippen molar-refractivity contribution in [3.8, 4) is 0 Å². The van der Waals surface area contributed by atoms with Crippen LogP contribution in [0.25, 0.3) is 0 Å². The van der Waals surface area contributed by atoms with E-state index in [0.717, 1.165) is 25.9 Å². The average molecular weight is 255 g/mol. The Kier molecular flexibility index (Phi) is 4.12. The summed E-state index contributed by atoms with van der Waals surface area (Å²) in [5, 5.41) is 11.6. The second kappa shape index (κ2) is 5.45. The lowest BCUT2D eigenvalue weighted by atomic mass is 10.1. The Labute approximate surface area is 109 Å². The lowest BCUT2D eigenvalue weighted by Gasteiger charge is -2.26. The van der Waals surface area contributed by atoms with Crippen molar-refractivity contribution in [1.29, 1.82) is 0 Å². The van der Waals surface area contributed by atoms with Gasteiger partial charge < -0.3 is 15.7 Å². The topological polar surface area (TPSA) is 71.1 Å². The first-order chi connectivity index (χ1) is 8.50. The molecule has 1 saturated carbocycles. The predicted molar refractivity (Wildman–Crippen MR) is 70.8 cm³/mol. The Morgan fingerprint density at radius 3 is 2.67 bits per heavy atom. The quantitative estimate of drug-likeness (QED) is 0.327. The first-order valence-electron chi connectivity index (χ1n) is 6.88. The van der Waals surface area contributed by atoms with Gasteiger partial charge in [-0.15, -0.1) is 0 Å². The van der Waals surface area contributed by atoms with Gasteiger partial charge in [-0.2, -0.15) is 0 Å². The number of nitrogens with two attached hydrogens (primary N) is 1. The van der Waals surface area contributed by atoms with Gasteiger partial charge in [-0.3, -0.25) is 4.90 Å². The van der Waals surface area contributed by atoms with Crippen LogP contribution in [0.5, 0.6) is 0 Å². The molecule has 0 spiro atoms. The van der Waals surface area contributed by atoms with Gasteiger partial charge in [0.05, 0.1) is 11.7 Å². The zero-order valence-corrected chi connectivity index (χ0v) is 11.4. The van der Waals surface area contributed by atoms with Crippen molar-refractivity contribution in [3.05, 3.63) is 0 Å². The second-order valence-corrected chi connectivity index (χ2v) is 6.11. The summed E-state index contributed by atoms with van der Waals surface area (Å²) in [4.78, 5) is 2.43. The Hall–Kier alpha value is -0.810. The number of nitrogens with zero attached hydrogens (tertiary/aromatic N) is 2. The van der Waals surface area contributed by atoms with Crippen molar-refractivity contribution in [1.82, 2.24) is 4.90 Å². The molecule has 0 amide bonds. The van der Waals surface area contributed by atoms with Crippen LogP contribution in [-0.2, 0) is 4.74 Å². The van der Waals surface area contributed by atoms with Gasteiger partial charge in [-0.05, 0) is 39.5 Å². The lowest BCUT2D eigenvalue weighted by Crippen LogP contribution is -2.37. The van der Waals surface area contributed by atoms with Crippen molar-refractivity contribution < 1.29 is 9.94 Å². The van der Waals surface area contributed by atoms with Crippen LogP contribution in [0.1, 0.15) is 46.0 Å². The van der Waals surface area contributed by atoms with Crippen molar-refractivity contribution in [2.24, 2.45) is 10.9 Å². The molecule has 5 heteroatoms. The van der Waals surface area contributed by atoms with Crippen LogP contribution in [0.3, 0.4) is 0 Å². The lowest BCUT2D eigenvalue weighted by molar-refractivity contribution is -0.0294. The molecule has 2 rings (SSSR count). The van der Waals surface area contributed by atoms with Crippen LogP contribution in [0.2, 0.25) is 0 Å². The highest BCUT2D eigenvalue weighted by Crippen LogP contribution is 2.33. The van der Waals surface area contributed by atoms with E-state index < -0.39 is 0 Å². The molecule has 0 aromatic heterocycles. The van der Waals surface area contributed by atoms with Gasteiger partial charge in [-0.1, -0.05) is 5.16 Å². The van der Waals surface area contributed by atoms with Crippen LogP contribution in [0.4, 0.5) is 0 Å². The Morgan fingerprint density at radius 1 is 1.44 bits per heavy atom. The molecular formula is C13H25N3O2. The molecule has 2 fully saturated rings. The third kappa shape index (κ3) is 3.85. The van der Waals surface area contributed by atoms with Crippen molar-refractivity contribution in [2.45, 2.75) is 63.7 Å². The fourth-order valence-electron chi connectivity index (χ4n) is 2.64. The molecule has 2 aliphatic rings. The highest BCUT2D eigenvalue weighted by atomic mass is 16.5. The van der Waals surface area contributed by atoms with Crippen LogP contribution in [-0.4, -0.2) is 46.8 Å². The van der Waals surface area contributed by atoms with Crippen LogP contribution < -0.4 is 5.73 Å². The molecule has 0 bridgehead atoms. The molecule has 5 nitrogen and oxygen atoms in total. The Balaban J connectivity index is 1.80. The van der Waals surface area contributed by atoms with Gasteiger partial charge in [0.1, 0.15) is 5.84 Å². The first kappa shape index (κ1) is 13.6. The summed E-state index contributed by atoms with van der Waals surface area (Å²) >= 11 is 0. The average Bonchev–Trinajstić information content (AvgIpc) is 3.10. The minimum absolute atomic E-state index is 0.0332. The second-order valence-electron chi connectivity index (χ2n) is 6.11. The van der Waals surface area contributed by atoms with Crippen molar-refractivity contribution in [2.75, 3.05) is 13.1 Å². The van der Waals surface area contributed by atoms with Gasteiger partial charge >= 0.3 is 0 Å². The third-order valence-corrected chi connectivity index (χ3v) is 3.84. The van der Waals surface area contributed by atoms with Crippen LogP contribution >= 0.6 is 0 Å². The number of ether oxygens (including phenoxy) is 1. The van der Waals surface area contributed by atoms with E-state index in [0.29, 0.717) is 24.4 Å². The van der Waals surface area contributed by atoms with E-state index in [9.17, 15) is 0 Å². The van der Waals surface area contributed by atoms with E-state index in [1.165, 1.54) is 12.8 Å². The molecule has 104 valence electrons. The maximum Gasteiger partial charge on any atom is 0.140 e. The van der Waals surface area contributed by atoms with E-state index in [-0.39, 0.29) is 5.60 Å². The SMILES string of the molecule is CC1(C)CCC(CN(CCC(N)=NO)C2CC2)O1. The third-order valence-electron chi connectivity index (χ3n) is 3.84. The van der Waals surface area contributed by atoms with Crippen LogP contribution in [0.15, 0.2) is 5.16 Å². The summed E-state index contributed by atoms with van der Waals surface area (Å²) in [5.41, 5.74) is 5.57. The van der Waals surface area contributed by atoms with Gasteiger partial charge in [0.25, 0.3) is 0 Å². The minimum atomic E-state index is 0.0332. The molecule has 1 unspecified atom stereocenters. The van der Waals surface area contributed by atoms with E-state index in [1.807, 2.05) is 0 Å². The molecule has 18 heavy (non-hydrogen) atoms. The largest absolute Gasteiger partial charge is 0.409 e. The number of hydrogen-bond donors (Lipinski definition) is 2. The molecule has 1 aliphatic heterocycles. The van der Waals surface area contributed by atoms with Gasteiger partial charge in [-0.25, -0.2) is 0 Å². The van der Waals surface area contributed by atoms with E-state index in [1.54, 1.807) is 0 Å². The molecule has 0 radical (unpaired) electrons. The van der Waals surface area contributed by atoms with E-state index in [4.69, 9.17) is 15.7 Å². The zero-order valence-electron chi connectivity index (χ0n) is 11.4. The van der Waals surface area contributed by atoms with Crippen molar-refractivity contribution in [3.63, 3.8) is 0 Å². The van der Waals surface area contributed by atoms with Gasteiger partial charge in [0.2, 0.25) is 0 Å². The number of amidine groups is 1. The minimum Gasteiger partial charge on any atom is -0.409 e. The fourth-order valence-corrected chi connectivity index (χ4v) is 2.64. The summed E-state index contributed by atoms with van der Waals surface area (Å²) in [6.07, 6.45) is 5.78. The van der Waals surface area contributed by atoms with Gasteiger partial charge in [0, 0.05) is 25.6 Å². The summed E-state index contributed by atoms with van der Waals surface area (Å²) in [6, 6.07) is 0.684.